The number of likely N-dealkylation sites (tertiary alicyclic amines) is 1. The number of aromatic carboxylic acids is 1. The molecule has 2 N–H and O–H groups in total. The SMILES string of the molecule is CN1C[C@H](O)C[C@H]1C(=O)N1CCN(Cc2cccc3cc(C(=O)O)n(C)c23)CC1. The Labute approximate surface area is 169 Å². The quantitative estimate of drug-likeness (QED) is 0.781. The number of β-amino-alcohol motifs (C(OH)–C–C–N with tert-alkyl or cyclic N) is 1. The molecule has 2 aliphatic heterocycles. The molecular weight excluding hydrogens is 372 g/mol. The Morgan fingerprint density at radius 2 is 1.86 bits per heavy atom. The molecule has 8 heteroatoms. The van der Waals surface area contributed by atoms with Crippen LogP contribution in [0.4, 0.5) is 0 Å². The van der Waals surface area contributed by atoms with Crippen molar-refractivity contribution in [2.75, 3.05) is 39.8 Å². The summed E-state index contributed by atoms with van der Waals surface area (Å²) in [6.45, 7) is 4.16. The molecule has 1 aromatic heterocycles. The second-order valence-electron chi connectivity index (χ2n) is 8.20. The van der Waals surface area contributed by atoms with E-state index in [0.29, 0.717) is 26.1 Å². The first-order valence-electron chi connectivity index (χ1n) is 10.0. The zero-order chi connectivity index (χ0) is 20.7. The molecule has 2 saturated heterocycles. The Kier molecular flexibility index (Phi) is 5.33. The van der Waals surface area contributed by atoms with Gasteiger partial charge in [0.15, 0.2) is 0 Å². The summed E-state index contributed by atoms with van der Waals surface area (Å²) in [5.41, 5.74) is 2.33. The van der Waals surface area contributed by atoms with Crippen LogP contribution in [0.5, 0.6) is 0 Å². The van der Waals surface area contributed by atoms with Crippen molar-refractivity contribution in [3.05, 3.63) is 35.5 Å². The maximum absolute atomic E-state index is 12.8. The largest absolute Gasteiger partial charge is 0.477 e. The number of piperazine rings is 1. The van der Waals surface area contributed by atoms with Crippen molar-refractivity contribution < 1.29 is 19.8 Å². The van der Waals surface area contributed by atoms with Gasteiger partial charge in [-0.3, -0.25) is 14.6 Å². The Bertz CT molecular complexity index is 932. The predicted molar refractivity (Wildman–Crippen MR) is 109 cm³/mol. The van der Waals surface area contributed by atoms with E-state index in [1.807, 2.05) is 35.0 Å². The maximum atomic E-state index is 12.8. The molecule has 156 valence electrons. The number of hydrogen-bond acceptors (Lipinski definition) is 5. The number of aromatic nitrogens is 1. The first-order chi connectivity index (χ1) is 13.8. The molecule has 8 nitrogen and oxygen atoms in total. The summed E-state index contributed by atoms with van der Waals surface area (Å²) in [6.07, 6.45) is 0.0911. The monoisotopic (exact) mass is 400 g/mol. The van der Waals surface area contributed by atoms with Crippen LogP contribution in [0.25, 0.3) is 10.9 Å². The minimum absolute atomic E-state index is 0.110. The van der Waals surface area contributed by atoms with Crippen LogP contribution in [0.1, 0.15) is 22.5 Å². The van der Waals surface area contributed by atoms with Gasteiger partial charge < -0.3 is 19.7 Å². The van der Waals surface area contributed by atoms with E-state index >= 15 is 0 Å². The highest BCUT2D eigenvalue weighted by atomic mass is 16.4. The lowest BCUT2D eigenvalue weighted by atomic mass is 10.1. The van der Waals surface area contributed by atoms with Crippen molar-refractivity contribution in [3.63, 3.8) is 0 Å². The van der Waals surface area contributed by atoms with Gasteiger partial charge in [0.2, 0.25) is 5.91 Å². The number of carboxylic acids is 1. The van der Waals surface area contributed by atoms with Gasteiger partial charge in [0, 0.05) is 51.7 Å². The summed E-state index contributed by atoms with van der Waals surface area (Å²) < 4.78 is 1.74. The minimum Gasteiger partial charge on any atom is -0.477 e. The van der Waals surface area contributed by atoms with Gasteiger partial charge in [0.25, 0.3) is 0 Å². The molecule has 0 aliphatic carbocycles. The van der Waals surface area contributed by atoms with Crippen LogP contribution >= 0.6 is 0 Å². The topological polar surface area (TPSA) is 89.2 Å². The summed E-state index contributed by atoms with van der Waals surface area (Å²) in [7, 11) is 3.68. The third-order valence-corrected chi connectivity index (χ3v) is 6.25. The molecule has 29 heavy (non-hydrogen) atoms. The van der Waals surface area contributed by atoms with E-state index in [9.17, 15) is 19.8 Å². The van der Waals surface area contributed by atoms with Crippen molar-refractivity contribution in [3.8, 4) is 0 Å². The molecule has 2 aliphatic rings. The summed E-state index contributed by atoms with van der Waals surface area (Å²) in [5.74, 6) is -0.817. The smallest absolute Gasteiger partial charge is 0.352 e. The second-order valence-corrected chi connectivity index (χ2v) is 8.20. The third-order valence-electron chi connectivity index (χ3n) is 6.25. The molecule has 2 aromatic rings. The van der Waals surface area contributed by atoms with Gasteiger partial charge >= 0.3 is 5.97 Å². The minimum atomic E-state index is -0.927. The van der Waals surface area contributed by atoms with E-state index in [4.69, 9.17) is 0 Å². The molecule has 0 saturated carbocycles. The number of nitrogens with zero attached hydrogens (tertiary/aromatic N) is 4. The van der Waals surface area contributed by atoms with E-state index in [0.717, 1.165) is 36.1 Å². The maximum Gasteiger partial charge on any atom is 0.352 e. The van der Waals surface area contributed by atoms with E-state index < -0.39 is 12.1 Å². The molecule has 0 unspecified atom stereocenters. The summed E-state index contributed by atoms with van der Waals surface area (Å²) in [4.78, 5) is 30.4. The van der Waals surface area contributed by atoms with Crippen molar-refractivity contribution in [1.29, 1.82) is 0 Å². The molecule has 0 radical (unpaired) electrons. The zero-order valence-electron chi connectivity index (χ0n) is 16.9. The molecule has 0 bridgehead atoms. The van der Waals surface area contributed by atoms with Crippen LogP contribution in [0.15, 0.2) is 24.3 Å². The van der Waals surface area contributed by atoms with Crippen molar-refractivity contribution in [1.82, 2.24) is 19.3 Å². The average Bonchev–Trinajstić information content (AvgIpc) is 3.21. The summed E-state index contributed by atoms with van der Waals surface area (Å²) in [6, 6.07) is 7.44. The number of para-hydroxylation sites is 1. The van der Waals surface area contributed by atoms with Gasteiger partial charge in [-0.2, -0.15) is 0 Å². The fourth-order valence-corrected chi connectivity index (χ4v) is 4.67. The number of rotatable bonds is 4. The van der Waals surface area contributed by atoms with Crippen LogP contribution in [-0.4, -0.2) is 93.3 Å². The number of carboxylic acid groups (broad SMARTS) is 1. The first-order valence-corrected chi connectivity index (χ1v) is 10.0. The van der Waals surface area contributed by atoms with E-state index in [1.54, 1.807) is 17.7 Å². The molecule has 2 atom stereocenters. The normalized spacial score (nSPS) is 23.8. The fourth-order valence-electron chi connectivity index (χ4n) is 4.67. The van der Waals surface area contributed by atoms with Crippen molar-refractivity contribution in [2.24, 2.45) is 7.05 Å². The number of carbonyl (C=O) groups excluding carboxylic acids is 1. The Balaban J connectivity index is 1.43. The molecule has 3 heterocycles. The standard InChI is InChI=1S/C21H28N4O4/c1-22-13-16(26)11-17(22)20(27)25-8-6-24(7-9-25)12-15-5-3-4-14-10-18(21(28)29)23(2)19(14)15/h3-5,10,16-17,26H,6-9,11-13H2,1-2H3,(H,28,29)/t16-,17+/m1/s1. The summed E-state index contributed by atoms with van der Waals surface area (Å²) >= 11 is 0. The number of carbonyl (C=O) groups is 2. The van der Waals surface area contributed by atoms with Crippen LogP contribution in [0, 0.1) is 0 Å². The lowest BCUT2D eigenvalue weighted by Crippen LogP contribution is -2.52. The van der Waals surface area contributed by atoms with Gasteiger partial charge in [-0.05, 0) is 25.1 Å². The third kappa shape index (κ3) is 3.75. The zero-order valence-corrected chi connectivity index (χ0v) is 16.9. The number of aryl methyl sites for hydroxylation is 1. The Morgan fingerprint density at radius 3 is 2.48 bits per heavy atom. The van der Waals surface area contributed by atoms with Crippen LogP contribution in [0.3, 0.4) is 0 Å². The van der Waals surface area contributed by atoms with Gasteiger partial charge in [-0.15, -0.1) is 0 Å². The number of aliphatic hydroxyl groups is 1. The Hall–Kier alpha value is -2.42. The van der Waals surface area contributed by atoms with Gasteiger partial charge in [0.05, 0.1) is 17.7 Å². The van der Waals surface area contributed by atoms with Gasteiger partial charge in [-0.1, -0.05) is 18.2 Å². The first kappa shape index (κ1) is 19.9. The number of amides is 1. The molecule has 0 spiro atoms. The molecule has 4 rings (SSSR count). The second kappa shape index (κ2) is 7.78. The fraction of sp³-hybridized carbons (Fsp3) is 0.524. The number of aliphatic hydroxyl groups excluding tert-OH is 1. The number of fused-ring (bicyclic) bond motifs is 1. The lowest BCUT2D eigenvalue weighted by Gasteiger charge is -2.37. The van der Waals surface area contributed by atoms with Crippen LogP contribution in [-0.2, 0) is 18.4 Å². The summed E-state index contributed by atoms with van der Waals surface area (Å²) in [5, 5.41) is 20.1. The highest BCUT2D eigenvalue weighted by Crippen LogP contribution is 2.25. The molecule has 1 amide bonds. The van der Waals surface area contributed by atoms with E-state index in [1.165, 1.54) is 0 Å². The highest BCUT2D eigenvalue weighted by Gasteiger charge is 2.36. The van der Waals surface area contributed by atoms with Gasteiger partial charge in [0.1, 0.15) is 5.69 Å². The van der Waals surface area contributed by atoms with Crippen LogP contribution < -0.4 is 0 Å². The Morgan fingerprint density at radius 1 is 1.14 bits per heavy atom. The van der Waals surface area contributed by atoms with E-state index in [-0.39, 0.29) is 17.6 Å². The lowest BCUT2D eigenvalue weighted by molar-refractivity contribution is -0.137. The van der Waals surface area contributed by atoms with Crippen molar-refractivity contribution >= 4 is 22.8 Å². The van der Waals surface area contributed by atoms with Crippen LogP contribution in [0.2, 0.25) is 0 Å². The number of likely N-dealkylation sites (N-methyl/N-ethyl adjacent to an activating group) is 1. The molecule has 2 fully saturated rings. The molecule has 1 aromatic carbocycles. The number of hydrogen-bond donors (Lipinski definition) is 2. The van der Waals surface area contributed by atoms with E-state index in [2.05, 4.69) is 4.90 Å². The molecular formula is C21H28N4O4. The average molecular weight is 400 g/mol. The van der Waals surface area contributed by atoms with Crippen molar-refractivity contribution in [2.45, 2.75) is 25.1 Å². The van der Waals surface area contributed by atoms with Gasteiger partial charge in [-0.25, -0.2) is 4.79 Å². The highest BCUT2D eigenvalue weighted by molar-refractivity contribution is 5.95. The number of benzene rings is 1. The predicted octanol–water partition coefficient (Wildman–Crippen LogP) is 0.586.